The van der Waals surface area contributed by atoms with E-state index < -0.39 is 11.7 Å². The average Bonchev–Trinajstić information content (AvgIpc) is 3.23. The number of benzene rings is 2. The summed E-state index contributed by atoms with van der Waals surface area (Å²) in [5.74, 6) is 1.37. The van der Waals surface area contributed by atoms with Crippen LogP contribution in [0.2, 0.25) is 5.02 Å². The minimum atomic E-state index is -4.43. The van der Waals surface area contributed by atoms with Crippen molar-refractivity contribution in [2.24, 2.45) is 0 Å². The Balaban J connectivity index is 1.41. The van der Waals surface area contributed by atoms with Crippen LogP contribution in [0.15, 0.2) is 60.8 Å². The number of hydrogen-bond donors (Lipinski definition) is 1. The summed E-state index contributed by atoms with van der Waals surface area (Å²) in [4.78, 5) is 5.83. The summed E-state index contributed by atoms with van der Waals surface area (Å²) in [6.07, 6.45) is -3.21. The van der Waals surface area contributed by atoms with Crippen LogP contribution in [-0.2, 0) is 12.8 Å². The molecule has 1 aliphatic heterocycles. The minimum Gasteiger partial charge on any atom is -0.472 e. The Morgan fingerprint density at radius 2 is 1.81 bits per heavy atom. The van der Waals surface area contributed by atoms with Crippen LogP contribution >= 0.6 is 11.6 Å². The van der Waals surface area contributed by atoms with Crippen molar-refractivity contribution in [2.45, 2.75) is 25.3 Å². The topological polar surface area (TPSA) is 54.8 Å². The number of hydrogen-bond acceptors (Lipinski definition) is 5. The molecule has 168 valence electrons. The van der Waals surface area contributed by atoms with Crippen molar-refractivity contribution in [2.75, 3.05) is 18.0 Å². The third-order valence-corrected chi connectivity index (χ3v) is 5.36. The van der Waals surface area contributed by atoms with Crippen LogP contribution < -0.4 is 14.4 Å². The average molecular weight is 465 g/mol. The molecule has 1 saturated heterocycles. The van der Waals surface area contributed by atoms with Crippen LogP contribution in [0, 0.1) is 0 Å². The number of rotatable bonds is 6. The first-order chi connectivity index (χ1) is 15.3. The number of halogens is 4. The first-order valence-electron chi connectivity index (χ1n) is 9.94. The fourth-order valence-corrected chi connectivity index (χ4v) is 3.66. The molecule has 0 radical (unpaired) electrons. The van der Waals surface area contributed by atoms with Gasteiger partial charge in [0.25, 0.3) is 0 Å². The Morgan fingerprint density at radius 1 is 1.06 bits per heavy atom. The van der Waals surface area contributed by atoms with E-state index in [4.69, 9.17) is 21.1 Å². The Morgan fingerprint density at radius 3 is 2.47 bits per heavy atom. The second-order valence-corrected chi connectivity index (χ2v) is 7.80. The van der Waals surface area contributed by atoms with E-state index in [0.29, 0.717) is 41.6 Å². The lowest BCUT2D eigenvalue weighted by molar-refractivity contribution is -0.137. The normalized spacial score (nSPS) is 16.3. The molecule has 5 nitrogen and oxygen atoms in total. The lowest BCUT2D eigenvalue weighted by atomic mass is 10.1. The van der Waals surface area contributed by atoms with E-state index in [2.05, 4.69) is 9.88 Å². The highest BCUT2D eigenvalue weighted by Gasteiger charge is 2.31. The molecule has 0 saturated carbocycles. The number of aliphatic hydroxyl groups excluding tert-OH is 1. The summed E-state index contributed by atoms with van der Waals surface area (Å²) >= 11 is 5.89. The van der Waals surface area contributed by atoms with Crippen LogP contribution in [0.3, 0.4) is 0 Å². The lowest BCUT2D eigenvalue weighted by Crippen LogP contribution is -2.25. The van der Waals surface area contributed by atoms with Gasteiger partial charge in [0.05, 0.1) is 18.7 Å². The molecule has 1 aromatic heterocycles. The van der Waals surface area contributed by atoms with Crippen molar-refractivity contribution >= 4 is 17.3 Å². The van der Waals surface area contributed by atoms with E-state index in [1.807, 2.05) is 12.1 Å². The zero-order chi connectivity index (χ0) is 22.7. The fraction of sp³-hybridized carbons (Fsp3) is 0.261. The highest BCUT2D eigenvalue weighted by molar-refractivity contribution is 6.30. The zero-order valence-corrected chi connectivity index (χ0v) is 17.6. The predicted octanol–water partition coefficient (Wildman–Crippen LogP) is 5.70. The Kier molecular flexibility index (Phi) is 6.43. The quantitative estimate of drug-likeness (QED) is 0.507. The van der Waals surface area contributed by atoms with Gasteiger partial charge >= 0.3 is 6.18 Å². The number of ether oxygens (including phenoxy) is 2. The van der Waals surface area contributed by atoms with Gasteiger partial charge in [0, 0.05) is 41.5 Å². The van der Waals surface area contributed by atoms with Gasteiger partial charge in [-0.3, -0.25) is 0 Å². The van der Waals surface area contributed by atoms with Gasteiger partial charge in [-0.2, -0.15) is 13.2 Å². The van der Waals surface area contributed by atoms with Crippen LogP contribution in [0.25, 0.3) is 0 Å². The number of pyridine rings is 1. The molecule has 0 spiro atoms. The highest BCUT2D eigenvalue weighted by atomic mass is 35.5. The van der Waals surface area contributed by atoms with Gasteiger partial charge in [0.15, 0.2) is 0 Å². The largest absolute Gasteiger partial charge is 0.472 e. The number of nitrogens with zero attached hydrogens (tertiary/aromatic N) is 2. The summed E-state index contributed by atoms with van der Waals surface area (Å²) < 4.78 is 49.6. The van der Waals surface area contributed by atoms with Crippen molar-refractivity contribution in [3.05, 3.63) is 76.9 Å². The number of alkyl halides is 3. The molecule has 0 aliphatic carbocycles. The van der Waals surface area contributed by atoms with Crippen LogP contribution in [0.4, 0.5) is 18.9 Å². The summed E-state index contributed by atoms with van der Waals surface area (Å²) in [7, 11) is 0. The third kappa shape index (κ3) is 5.26. The first-order valence-corrected chi connectivity index (χ1v) is 10.3. The number of aliphatic hydroxyl groups is 1. The highest BCUT2D eigenvalue weighted by Crippen LogP contribution is 2.32. The first kappa shape index (κ1) is 22.2. The maximum absolute atomic E-state index is 12.7. The standard InChI is InChI=1S/C23H20ClF3N2O3/c24-17-2-4-18(5-3-17)31-19-6-7-21(15(11-19)14-30)29-10-9-20(13-29)32-22-8-1-16(12-28-22)23(25,26)27/h1-8,11-12,20,30H,9-10,13-14H2/t20-/m0/s1. The number of anilines is 1. The summed E-state index contributed by atoms with van der Waals surface area (Å²) in [5, 5.41) is 10.5. The SMILES string of the molecule is OCc1cc(Oc2ccc(Cl)cc2)ccc1N1CC[C@H](Oc2ccc(C(F)(F)F)cn2)C1. The summed E-state index contributed by atoms with van der Waals surface area (Å²) in [6.45, 7) is 1.03. The molecule has 9 heteroatoms. The van der Waals surface area contributed by atoms with E-state index in [1.54, 1.807) is 30.3 Å². The van der Waals surface area contributed by atoms with E-state index in [9.17, 15) is 18.3 Å². The van der Waals surface area contributed by atoms with Crippen LogP contribution in [0.5, 0.6) is 17.4 Å². The number of aromatic nitrogens is 1. The van der Waals surface area contributed by atoms with Crippen LogP contribution in [-0.4, -0.2) is 29.3 Å². The van der Waals surface area contributed by atoms with Crippen molar-refractivity contribution < 1.29 is 27.8 Å². The molecule has 3 aromatic rings. The molecule has 2 heterocycles. The maximum Gasteiger partial charge on any atom is 0.417 e. The molecule has 32 heavy (non-hydrogen) atoms. The molecule has 1 fully saturated rings. The fourth-order valence-electron chi connectivity index (χ4n) is 3.53. The predicted molar refractivity (Wildman–Crippen MR) is 114 cm³/mol. The molecular formula is C23H20ClF3N2O3. The molecular weight excluding hydrogens is 445 g/mol. The minimum absolute atomic E-state index is 0.152. The van der Waals surface area contributed by atoms with E-state index in [0.717, 1.165) is 18.0 Å². The smallest absolute Gasteiger partial charge is 0.417 e. The second kappa shape index (κ2) is 9.26. The Hall–Kier alpha value is -2.97. The summed E-state index contributed by atoms with van der Waals surface area (Å²) in [6, 6.07) is 14.6. The van der Waals surface area contributed by atoms with Gasteiger partial charge in [-0.05, 0) is 48.5 Å². The van der Waals surface area contributed by atoms with Crippen molar-refractivity contribution in [3.63, 3.8) is 0 Å². The van der Waals surface area contributed by atoms with Gasteiger partial charge in [-0.15, -0.1) is 0 Å². The van der Waals surface area contributed by atoms with Gasteiger partial charge in [0.2, 0.25) is 5.88 Å². The van der Waals surface area contributed by atoms with E-state index in [-0.39, 0.29) is 18.6 Å². The van der Waals surface area contributed by atoms with Crippen molar-refractivity contribution in [3.8, 4) is 17.4 Å². The van der Waals surface area contributed by atoms with Gasteiger partial charge in [0.1, 0.15) is 17.6 Å². The van der Waals surface area contributed by atoms with Crippen molar-refractivity contribution in [1.82, 2.24) is 4.98 Å². The molecule has 0 unspecified atom stereocenters. The van der Waals surface area contributed by atoms with Crippen molar-refractivity contribution in [1.29, 1.82) is 0 Å². The molecule has 2 aromatic carbocycles. The second-order valence-electron chi connectivity index (χ2n) is 7.36. The van der Waals surface area contributed by atoms with Crippen LogP contribution in [0.1, 0.15) is 17.5 Å². The molecule has 1 N–H and O–H groups in total. The van der Waals surface area contributed by atoms with Gasteiger partial charge in [-0.1, -0.05) is 11.6 Å². The summed E-state index contributed by atoms with van der Waals surface area (Å²) in [5.41, 5.74) is 0.735. The molecule has 0 amide bonds. The third-order valence-electron chi connectivity index (χ3n) is 5.11. The van der Waals surface area contributed by atoms with E-state index in [1.165, 1.54) is 6.07 Å². The Labute approximate surface area is 188 Å². The van der Waals surface area contributed by atoms with E-state index >= 15 is 0 Å². The molecule has 0 bridgehead atoms. The monoisotopic (exact) mass is 464 g/mol. The molecule has 4 rings (SSSR count). The van der Waals surface area contributed by atoms with Gasteiger partial charge in [-0.25, -0.2) is 4.98 Å². The lowest BCUT2D eigenvalue weighted by Gasteiger charge is -2.22. The Bertz CT molecular complexity index is 1060. The molecule has 1 atom stereocenters. The zero-order valence-electron chi connectivity index (χ0n) is 16.8. The molecule has 1 aliphatic rings. The van der Waals surface area contributed by atoms with Gasteiger partial charge < -0.3 is 19.5 Å². The maximum atomic E-state index is 12.7.